The molecule has 15 heteroatoms. The molecule has 1 fully saturated rings. The van der Waals surface area contributed by atoms with Gasteiger partial charge in [-0.25, -0.2) is 0 Å². The molecule has 0 aromatic rings. The number of aliphatic hydroxyl groups is 4. The van der Waals surface area contributed by atoms with Crippen molar-refractivity contribution in [3.63, 3.8) is 0 Å². The molecule has 0 aliphatic carbocycles. The third-order valence-corrected chi connectivity index (χ3v) is 6.20. The predicted octanol–water partition coefficient (Wildman–Crippen LogP) is -2.28. The van der Waals surface area contributed by atoms with Gasteiger partial charge in [-0.05, 0) is 0 Å². The molecule has 1 rings (SSSR count). The fourth-order valence-electron chi connectivity index (χ4n) is 1.52. The van der Waals surface area contributed by atoms with E-state index in [4.69, 9.17) is 19.8 Å². The Morgan fingerprint density at radius 3 is 1.95 bits per heavy atom. The molecule has 2 unspecified atom stereocenters. The maximum absolute atomic E-state index is 13.2. The Hall–Kier alpha value is -0.0400. The van der Waals surface area contributed by atoms with Gasteiger partial charge in [-0.3, -0.25) is 13.7 Å². The predicted molar refractivity (Wildman–Crippen MR) is 61.7 cm³/mol. The van der Waals surface area contributed by atoms with Crippen LogP contribution in [0.4, 0.5) is 8.78 Å². The number of rotatable bonds is 5. The molecule has 0 aromatic carbocycles. The van der Waals surface area contributed by atoms with Gasteiger partial charge < -0.3 is 39.8 Å². The Kier molecular flexibility index (Phi) is 5.87. The molecule has 0 spiro atoms. The molecule has 0 radical (unpaired) electrons. The number of hydrogen-bond acceptors (Lipinski definition) is 8. The van der Waals surface area contributed by atoms with Crippen LogP contribution in [0, 0.1) is 0 Å². The maximum Gasteiger partial charge on any atom is 0.443 e. The third-order valence-electron chi connectivity index (χ3n) is 2.79. The van der Waals surface area contributed by atoms with Crippen LogP contribution in [-0.4, -0.2) is 77.8 Å². The van der Waals surface area contributed by atoms with Crippen LogP contribution in [0.5, 0.6) is 0 Å². The highest BCUT2D eigenvalue weighted by Gasteiger charge is 2.66. The van der Waals surface area contributed by atoms with E-state index >= 15 is 0 Å². The molecule has 0 amide bonds. The molecule has 1 aliphatic heterocycles. The first kappa shape index (κ1) is 20.0. The lowest BCUT2D eigenvalue weighted by molar-refractivity contribution is -0.280. The summed E-state index contributed by atoms with van der Waals surface area (Å²) in [6.45, 7) is -0.977. The van der Waals surface area contributed by atoms with Crippen molar-refractivity contribution in [2.24, 2.45) is 0 Å². The van der Waals surface area contributed by atoms with Gasteiger partial charge in [-0.2, -0.15) is 8.78 Å². The van der Waals surface area contributed by atoms with Gasteiger partial charge in [0.25, 0.3) is 0 Å². The summed E-state index contributed by atoms with van der Waals surface area (Å²) in [6.07, 6.45) is -10.4. The van der Waals surface area contributed by atoms with Crippen molar-refractivity contribution in [3.8, 4) is 0 Å². The monoisotopic (exact) mass is 374 g/mol. The van der Waals surface area contributed by atoms with Crippen molar-refractivity contribution in [2.75, 3.05) is 6.61 Å². The minimum atomic E-state index is -6.40. The zero-order valence-corrected chi connectivity index (χ0v) is 12.3. The zero-order chi connectivity index (χ0) is 17.5. The number of alkyl halides is 2. The average molecular weight is 374 g/mol. The van der Waals surface area contributed by atoms with E-state index in [1.807, 2.05) is 0 Å². The van der Waals surface area contributed by atoms with Crippen LogP contribution in [0.1, 0.15) is 0 Å². The summed E-state index contributed by atoms with van der Waals surface area (Å²) in [4.78, 5) is 25.8. The van der Waals surface area contributed by atoms with Crippen LogP contribution < -0.4 is 0 Å². The summed E-state index contributed by atoms with van der Waals surface area (Å²) >= 11 is 0. The minimum absolute atomic E-state index is 0.977. The van der Waals surface area contributed by atoms with Gasteiger partial charge >= 0.3 is 20.6 Å². The SMILES string of the molecule is O=P(O)(O)C(F)(F)P(=O)(O)OC1O[C@H](CO)[C@@H](O)[C@H](O)[C@@H]1O. The summed E-state index contributed by atoms with van der Waals surface area (Å²) < 4.78 is 56.8. The second-order valence-corrected chi connectivity index (χ2v) is 8.19. The standard InChI is InChI=1S/C7H14F2O11P2/c8-7(9,21(14,15)16)22(17,18)20-6-5(13)4(12)3(11)2(1-10)19-6/h2-6,10-13H,1H2,(H,17,18)(H2,14,15,16)/t2-,3-,4+,5+,6?/m1/s1. The van der Waals surface area contributed by atoms with E-state index in [0.717, 1.165) is 0 Å². The summed E-state index contributed by atoms with van der Waals surface area (Å²) in [5, 5.41) is 31.5. The Balaban J connectivity index is 3.02. The van der Waals surface area contributed by atoms with Gasteiger partial charge in [0.15, 0.2) is 6.29 Å². The molecule has 11 nitrogen and oxygen atoms in total. The summed E-state index contributed by atoms with van der Waals surface area (Å²) in [6, 6.07) is 0. The van der Waals surface area contributed by atoms with Crippen molar-refractivity contribution >= 4 is 15.2 Å². The van der Waals surface area contributed by atoms with E-state index in [1.54, 1.807) is 0 Å². The normalized spacial score (nSPS) is 36.9. The van der Waals surface area contributed by atoms with Crippen LogP contribution in [0.25, 0.3) is 0 Å². The van der Waals surface area contributed by atoms with Crippen LogP contribution in [-0.2, 0) is 18.4 Å². The number of aliphatic hydroxyl groups excluding tert-OH is 4. The second kappa shape index (κ2) is 6.46. The largest absolute Gasteiger partial charge is 0.443 e. The first-order valence-corrected chi connectivity index (χ1v) is 8.70. The van der Waals surface area contributed by atoms with E-state index in [2.05, 4.69) is 9.26 Å². The van der Waals surface area contributed by atoms with Gasteiger partial charge in [0, 0.05) is 0 Å². The molecule has 22 heavy (non-hydrogen) atoms. The Morgan fingerprint density at radius 2 is 1.55 bits per heavy atom. The summed E-state index contributed by atoms with van der Waals surface area (Å²) in [5.74, 6) is 0. The lowest BCUT2D eigenvalue weighted by atomic mass is 10.00. The van der Waals surface area contributed by atoms with E-state index in [9.17, 15) is 33.2 Å². The van der Waals surface area contributed by atoms with Crippen LogP contribution in [0.3, 0.4) is 0 Å². The fourth-order valence-corrected chi connectivity index (χ4v) is 3.56. The maximum atomic E-state index is 13.2. The van der Waals surface area contributed by atoms with Gasteiger partial charge in [0.1, 0.15) is 24.4 Å². The van der Waals surface area contributed by atoms with Gasteiger partial charge in [0.05, 0.1) is 6.61 Å². The van der Waals surface area contributed by atoms with E-state index < -0.39 is 57.9 Å². The van der Waals surface area contributed by atoms with Gasteiger partial charge in [-0.15, -0.1) is 0 Å². The third kappa shape index (κ3) is 3.55. The summed E-state index contributed by atoms with van der Waals surface area (Å²) in [5.41, 5.74) is 0. The van der Waals surface area contributed by atoms with Crippen molar-refractivity contribution in [2.45, 2.75) is 36.1 Å². The van der Waals surface area contributed by atoms with Crippen molar-refractivity contribution in [1.82, 2.24) is 0 Å². The molecule has 7 N–H and O–H groups in total. The zero-order valence-electron chi connectivity index (χ0n) is 10.5. The molecular weight excluding hydrogens is 360 g/mol. The van der Waals surface area contributed by atoms with Crippen LogP contribution >= 0.6 is 15.2 Å². The topological polar surface area (TPSA) is 194 Å². The Labute approximate surface area is 121 Å². The molecule has 0 bridgehead atoms. The van der Waals surface area contributed by atoms with E-state index in [0.29, 0.717) is 0 Å². The molecule has 1 heterocycles. The lowest BCUT2D eigenvalue weighted by Gasteiger charge is -2.40. The summed E-state index contributed by atoms with van der Waals surface area (Å²) in [7, 11) is -12.8. The van der Waals surface area contributed by atoms with Gasteiger partial charge in [-0.1, -0.05) is 0 Å². The molecular formula is C7H14F2O11P2. The van der Waals surface area contributed by atoms with Crippen molar-refractivity contribution in [3.05, 3.63) is 0 Å². The molecule has 6 atom stereocenters. The molecule has 132 valence electrons. The first-order chi connectivity index (χ1) is 9.76. The second-order valence-electron chi connectivity index (χ2n) is 4.38. The van der Waals surface area contributed by atoms with E-state index in [-0.39, 0.29) is 0 Å². The van der Waals surface area contributed by atoms with Crippen molar-refractivity contribution < 1.29 is 62.3 Å². The van der Waals surface area contributed by atoms with Gasteiger partial charge in [0.2, 0.25) is 0 Å². The smallest absolute Gasteiger partial charge is 0.394 e. The Bertz CT molecular complexity index is 493. The number of ether oxygens (including phenoxy) is 1. The average Bonchev–Trinajstić information content (AvgIpc) is 2.37. The number of halogens is 2. The number of hydrogen-bond donors (Lipinski definition) is 7. The quantitative estimate of drug-likeness (QED) is 0.256. The van der Waals surface area contributed by atoms with E-state index in [1.165, 1.54) is 0 Å². The highest BCUT2D eigenvalue weighted by molar-refractivity contribution is 7.72. The van der Waals surface area contributed by atoms with Crippen molar-refractivity contribution in [1.29, 1.82) is 0 Å². The molecule has 0 aromatic heterocycles. The lowest BCUT2D eigenvalue weighted by Crippen LogP contribution is -2.59. The first-order valence-electron chi connectivity index (χ1n) is 5.51. The highest BCUT2D eigenvalue weighted by atomic mass is 31.2. The fraction of sp³-hybridized carbons (Fsp3) is 1.00. The minimum Gasteiger partial charge on any atom is -0.394 e. The molecule has 1 aliphatic rings. The van der Waals surface area contributed by atoms with Crippen LogP contribution in [0.2, 0.25) is 0 Å². The van der Waals surface area contributed by atoms with Crippen LogP contribution in [0.15, 0.2) is 0 Å². The molecule has 1 saturated heterocycles. The molecule has 0 saturated carbocycles. The highest BCUT2D eigenvalue weighted by Crippen LogP contribution is 2.73. The Morgan fingerprint density at radius 1 is 1.05 bits per heavy atom.